The number of ether oxygens (including phenoxy) is 1. The fourth-order valence-electron chi connectivity index (χ4n) is 2.19. The third-order valence-electron chi connectivity index (χ3n) is 3.30. The summed E-state index contributed by atoms with van der Waals surface area (Å²) in [4.78, 5) is 2.07. The summed E-state index contributed by atoms with van der Waals surface area (Å²) in [6.45, 7) is 0. The van der Waals surface area contributed by atoms with E-state index in [-0.39, 0.29) is 0 Å². The lowest BCUT2D eigenvalue weighted by Gasteiger charge is -1.99. The zero-order chi connectivity index (χ0) is 14.9. The molecular weight excluding hydrogens is 316 g/mol. The number of fused-ring (bicyclic) bond motifs is 1. The summed E-state index contributed by atoms with van der Waals surface area (Å²) in [5.41, 5.74) is 1.05. The standard InChI is InChI=1S/C15H12N4OS2/c1-20-11-6-4-10(5-7-11)14-18-19-13(16-17-15(19)22-14)9-12-3-2-8-21-12/h2-8H,9H2,1H3. The van der Waals surface area contributed by atoms with Gasteiger partial charge in [-0.25, -0.2) is 0 Å². The molecule has 0 aliphatic rings. The second-order valence-corrected chi connectivity index (χ2v) is 6.69. The van der Waals surface area contributed by atoms with Crippen LogP contribution in [-0.2, 0) is 6.42 Å². The molecule has 3 aromatic heterocycles. The van der Waals surface area contributed by atoms with Gasteiger partial charge in [0.25, 0.3) is 0 Å². The predicted octanol–water partition coefficient (Wildman–Crippen LogP) is 3.51. The van der Waals surface area contributed by atoms with Crippen molar-refractivity contribution in [2.75, 3.05) is 7.11 Å². The van der Waals surface area contributed by atoms with Gasteiger partial charge in [-0.2, -0.15) is 9.61 Å². The quantitative estimate of drug-likeness (QED) is 0.575. The van der Waals surface area contributed by atoms with Crippen molar-refractivity contribution >= 4 is 27.6 Å². The first kappa shape index (κ1) is 13.4. The van der Waals surface area contributed by atoms with E-state index in [1.54, 1.807) is 18.4 Å². The minimum absolute atomic E-state index is 0.755. The topological polar surface area (TPSA) is 52.3 Å². The van der Waals surface area contributed by atoms with Crippen molar-refractivity contribution in [2.45, 2.75) is 6.42 Å². The Bertz CT molecular complexity index is 894. The van der Waals surface area contributed by atoms with Crippen molar-refractivity contribution < 1.29 is 4.74 Å². The first-order valence-corrected chi connectivity index (χ1v) is 8.41. The van der Waals surface area contributed by atoms with Crippen LogP contribution in [-0.4, -0.2) is 26.9 Å². The minimum atomic E-state index is 0.755. The minimum Gasteiger partial charge on any atom is -0.497 e. The van der Waals surface area contributed by atoms with Crippen molar-refractivity contribution in [1.29, 1.82) is 0 Å². The molecule has 0 spiro atoms. The highest BCUT2D eigenvalue weighted by Crippen LogP contribution is 2.27. The van der Waals surface area contributed by atoms with Crippen LogP contribution >= 0.6 is 22.7 Å². The Morgan fingerprint density at radius 2 is 2.00 bits per heavy atom. The number of hydrogen-bond donors (Lipinski definition) is 0. The van der Waals surface area contributed by atoms with E-state index in [0.717, 1.165) is 33.5 Å². The molecule has 5 nitrogen and oxygen atoms in total. The van der Waals surface area contributed by atoms with Crippen molar-refractivity contribution in [3.8, 4) is 16.3 Å². The van der Waals surface area contributed by atoms with E-state index < -0.39 is 0 Å². The molecule has 22 heavy (non-hydrogen) atoms. The normalized spacial score (nSPS) is 11.1. The Labute approximate surface area is 134 Å². The maximum atomic E-state index is 5.18. The smallest absolute Gasteiger partial charge is 0.234 e. The van der Waals surface area contributed by atoms with Gasteiger partial charge in [-0.15, -0.1) is 21.5 Å². The van der Waals surface area contributed by atoms with Crippen LogP contribution in [0.4, 0.5) is 0 Å². The van der Waals surface area contributed by atoms with Crippen molar-refractivity contribution in [3.05, 3.63) is 52.5 Å². The third-order valence-corrected chi connectivity index (χ3v) is 5.13. The molecule has 0 fully saturated rings. The van der Waals surface area contributed by atoms with Gasteiger partial charge in [0.1, 0.15) is 10.8 Å². The first-order valence-electron chi connectivity index (χ1n) is 6.71. The van der Waals surface area contributed by atoms with Crippen LogP contribution in [0.3, 0.4) is 0 Å². The number of benzene rings is 1. The number of rotatable bonds is 4. The first-order chi connectivity index (χ1) is 10.8. The van der Waals surface area contributed by atoms with Crippen molar-refractivity contribution in [2.24, 2.45) is 0 Å². The zero-order valence-electron chi connectivity index (χ0n) is 11.8. The number of nitrogens with zero attached hydrogens (tertiary/aromatic N) is 4. The Kier molecular flexibility index (Phi) is 3.36. The zero-order valence-corrected chi connectivity index (χ0v) is 13.4. The van der Waals surface area contributed by atoms with Crippen LogP contribution in [0.2, 0.25) is 0 Å². The van der Waals surface area contributed by atoms with E-state index in [0.29, 0.717) is 0 Å². The molecule has 0 aliphatic heterocycles. The molecule has 0 radical (unpaired) electrons. The number of thiophene rings is 1. The molecule has 0 N–H and O–H groups in total. The highest BCUT2D eigenvalue weighted by molar-refractivity contribution is 7.19. The van der Waals surface area contributed by atoms with Gasteiger partial charge in [0.05, 0.1) is 7.11 Å². The summed E-state index contributed by atoms with van der Waals surface area (Å²) >= 11 is 3.26. The van der Waals surface area contributed by atoms with Crippen molar-refractivity contribution in [3.63, 3.8) is 0 Å². The van der Waals surface area contributed by atoms with E-state index in [2.05, 4.69) is 26.7 Å². The molecule has 7 heteroatoms. The molecule has 0 atom stereocenters. The number of hydrogen-bond acceptors (Lipinski definition) is 6. The van der Waals surface area contributed by atoms with Gasteiger partial charge in [-0.3, -0.25) is 0 Å². The van der Waals surface area contributed by atoms with Gasteiger partial charge in [-0.05, 0) is 35.7 Å². The predicted molar refractivity (Wildman–Crippen MR) is 87.8 cm³/mol. The average molecular weight is 328 g/mol. The Balaban J connectivity index is 1.69. The molecule has 3 heterocycles. The fourth-order valence-corrected chi connectivity index (χ4v) is 3.75. The maximum Gasteiger partial charge on any atom is 0.234 e. The summed E-state index contributed by atoms with van der Waals surface area (Å²) in [6, 6.07) is 12.0. The highest BCUT2D eigenvalue weighted by atomic mass is 32.1. The second kappa shape index (κ2) is 5.51. The Hall–Kier alpha value is -2.25. The molecule has 1 aromatic carbocycles. The molecule has 0 amide bonds. The number of methoxy groups -OCH3 is 1. The van der Waals surface area contributed by atoms with Crippen LogP contribution in [0, 0.1) is 0 Å². The highest BCUT2D eigenvalue weighted by Gasteiger charge is 2.13. The molecule has 0 saturated heterocycles. The maximum absolute atomic E-state index is 5.18. The van der Waals surface area contributed by atoms with Crippen LogP contribution in [0.25, 0.3) is 15.5 Å². The van der Waals surface area contributed by atoms with Crippen LogP contribution in [0.5, 0.6) is 5.75 Å². The summed E-state index contributed by atoms with van der Waals surface area (Å²) in [5.74, 6) is 1.71. The van der Waals surface area contributed by atoms with Gasteiger partial charge in [0, 0.05) is 16.9 Å². The molecule has 110 valence electrons. The second-order valence-electron chi connectivity index (χ2n) is 4.70. The molecule has 0 aliphatic carbocycles. The van der Waals surface area contributed by atoms with E-state index in [1.165, 1.54) is 16.2 Å². The van der Waals surface area contributed by atoms with E-state index in [1.807, 2.05) is 34.8 Å². The lowest BCUT2D eigenvalue weighted by Crippen LogP contribution is -1.96. The summed E-state index contributed by atoms with van der Waals surface area (Å²) in [6.07, 6.45) is 0.755. The molecular formula is C15H12N4OS2. The summed E-state index contributed by atoms with van der Waals surface area (Å²) in [7, 11) is 1.66. The van der Waals surface area contributed by atoms with Gasteiger partial charge >= 0.3 is 0 Å². The molecule has 0 bridgehead atoms. The molecule has 0 unspecified atom stereocenters. The average Bonchev–Trinajstić information content (AvgIpc) is 3.26. The summed E-state index contributed by atoms with van der Waals surface area (Å²) in [5, 5.41) is 16.1. The van der Waals surface area contributed by atoms with E-state index in [4.69, 9.17) is 4.74 Å². The van der Waals surface area contributed by atoms with E-state index in [9.17, 15) is 0 Å². The lowest BCUT2D eigenvalue weighted by atomic mass is 10.2. The van der Waals surface area contributed by atoms with E-state index >= 15 is 0 Å². The van der Waals surface area contributed by atoms with Gasteiger partial charge in [0.15, 0.2) is 5.82 Å². The molecule has 4 rings (SSSR count). The molecule has 0 saturated carbocycles. The van der Waals surface area contributed by atoms with Gasteiger partial charge < -0.3 is 4.74 Å². The van der Waals surface area contributed by atoms with Gasteiger partial charge in [0.2, 0.25) is 4.96 Å². The van der Waals surface area contributed by atoms with Gasteiger partial charge in [-0.1, -0.05) is 17.4 Å². The lowest BCUT2D eigenvalue weighted by molar-refractivity contribution is 0.415. The monoisotopic (exact) mass is 328 g/mol. The summed E-state index contributed by atoms with van der Waals surface area (Å²) < 4.78 is 7.02. The Morgan fingerprint density at radius 1 is 1.14 bits per heavy atom. The van der Waals surface area contributed by atoms with Crippen LogP contribution < -0.4 is 4.74 Å². The largest absolute Gasteiger partial charge is 0.497 e. The SMILES string of the molecule is COc1ccc(-c2nn3c(Cc4cccs4)nnc3s2)cc1. The van der Waals surface area contributed by atoms with Crippen molar-refractivity contribution in [1.82, 2.24) is 19.8 Å². The fraction of sp³-hybridized carbons (Fsp3) is 0.133. The van der Waals surface area contributed by atoms with Crippen LogP contribution in [0.15, 0.2) is 41.8 Å². The number of aromatic nitrogens is 4. The molecule has 4 aromatic rings. The third kappa shape index (κ3) is 2.38. The Morgan fingerprint density at radius 3 is 2.73 bits per heavy atom. The van der Waals surface area contributed by atoms with Crippen LogP contribution in [0.1, 0.15) is 10.7 Å².